The molecular weight excluding hydrogens is 738 g/mol. The predicted octanol–water partition coefficient (Wildman–Crippen LogP) is -4.89. The van der Waals surface area contributed by atoms with Crippen LogP contribution in [0.3, 0.4) is 0 Å². The second kappa shape index (κ2) is 22.4. The topological polar surface area (TPSA) is 377 Å². The molecule has 1 heterocycles. The lowest BCUT2D eigenvalue weighted by molar-refractivity contribution is -0.149. The van der Waals surface area contributed by atoms with Gasteiger partial charge in [0.2, 0.25) is 41.4 Å². The van der Waals surface area contributed by atoms with E-state index in [0.29, 0.717) is 18.4 Å². The van der Waals surface area contributed by atoms with Crippen LogP contribution in [0.4, 0.5) is 0 Å². The molecule has 22 nitrogen and oxygen atoms in total. The van der Waals surface area contributed by atoms with E-state index in [2.05, 4.69) is 31.6 Å². The summed E-state index contributed by atoms with van der Waals surface area (Å²) >= 11 is 0. The maximum atomic E-state index is 13.7. The number of nitrogens with two attached hydrogens (primary N) is 4. The van der Waals surface area contributed by atoms with Crippen molar-refractivity contribution in [3.8, 4) is 5.75 Å². The number of nitrogens with zero attached hydrogens (tertiary/aromatic N) is 2. The molecule has 1 aromatic rings. The van der Waals surface area contributed by atoms with Gasteiger partial charge < -0.3 is 69.7 Å². The van der Waals surface area contributed by atoms with Gasteiger partial charge >= 0.3 is 5.97 Å². The number of rotatable bonds is 22. The van der Waals surface area contributed by atoms with Crippen LogP contribution in [-0.4, -0.2) is 135 Å². The highest BCUT2D eigenvalue weighted by Crippen LogP contribution is 2.20. The number of aliphatic hydroxyl groups excluding tert-OH is 1. The third-order valence-corrected chi connectivity index (χ3v) is 8.69. The molecule has 1 aromatic carbocycles. The third-order valence-electron chi connectivity index (χ3n) is 8.69. The summed E-state index contributed by atoms with van der Waals surface area (Å²) in [6, 6.07) is -2.08. The maximum Gasteiger partial charge on any atom is 0.326 e. The van der Waals surface area contributed by atoms with E-state index in [1.807, 2.05) is 0 Å². The minimum absolute atomic E-state index is 0.0698. The van der Waals surface area contributed by atoms with Gasteiger partial charge in [0.1, 0.15) is 36.0 Å². The number of primary amides is 1. The molecular formula is C34H53N11O11. The highest BCUT2D eigenvalue weighted by molar-refractivity contribution is 5.96. The Morgan fingerprint density at radius 3 is 2.11 bits per heavy atom. The molecule has 1 fully saturated rings. The molecule has 0 spiro atoms. The zero-order chi connectivity index (χ0) is 42.1. The Morgan fingerprint density at radius 1 is 0.875 bits per heavy atom. The lowest BCUT2D eigenvalue weighted by Gasteiger charge is -2.29. The SMILES string of the molecule is CC(NC(=O)CNC(=O)C(NC(=O)C(N)CCCN=C(N)N)C(C)O)C(=O)NC(Cc1ccc(O)cc1)C(=O)NC(CCC(N)=O)C(=O)N1CCCC1C(=O)O. The van der Waals surface area contributed by atoms with Crippen molar-refractivity contribution >= 4 is 53.3 Å². The number of amides is 7. The number of phenolic OH excluding ortho intramolecular Hbond substituents is 1. The van der Waals surface area contributed by atoms with Crippen LogP contribution in [0.25, 0.3) is 0 Å². The lowest BCUT2D eigenvalue weighted by atomic mass is 10.0. The van der Waals surface area contributed by atoms with E-state index in [0.717, 1.165) is 4.90 Å². The molecule has 7 unspecified atom stereocenters. The Bertz CT molecular complexity index is 1600. The normalized spacial score (nSPS) is 16.8. The fourth-order valence-corrected chi connectivity index (χ4v) is 5.63. The molecule has 56 heavy (non-hydrogen) atoms. The average molecular weight is 792 g/mol. The van der Waals surface area contributed by atoms with Gasteiger partial charge in [0.25, 0.3) is 0 Å². The Balaban J connectivity index is 2.11. The Morgan fingerprint density at radius 2 is 1.52 bits per heavy atom. The quantitative estimate of drug-likeness (QED) is 0.0298. The van der Waals surface area contributed by atoms with Gasteiger partial charge in [0, 0.05) is 25.9 Å². The summed E-state index contributed by atoms with van der Waals surface area (Å²) in [6.07, 6.45) is -1.02. The number of carboxylic acid groups (broad SMARTS) is 1. The van der Waals surface area contributed by atoms with Gasteiger partial charge in [-0.3, -0.25) is 38.6 Å². The number of guanidine groups is 1. The number of aromatic hydroxyl groups is 1. The maximum absolute atomic E-state index is 13.7. The van der Waals surface area contributed by atoms with E-state index in [9.17, 15) is 53.7 Å². The first-order valence-corrected chi connectivity index (χ1v) is 17.9. The van der Waals surface area contributed by atoms with E-state index in [-0.39, 0.29) is 56.9 Å². The molecule has 16 N–H and O–H groups in total. The van der Waals surface area contributed by atoms with Crippen molar-refractivity contribution in [1.82, 2.24) is 31.5 Å². The van der Waals surface area contributed by atoms with Crippen LogP contribution >= 0.6 is 0 Å². The Hall–Kier alpha value is -6.03. The zero-order valence-corrected chi connectivity index (χ0v) is 31.2. The van der Waals surface area contributed by atoms with Crippen molar-refractivity contribution in [3.63, 3.8) is 0 Å². The molecule has 0 saturated carbocycles. The number of carbonyl (C=O) groups excluding carboxylic acids is 7. The van der Waals surface area contributed by atoms with Crippen LogP contribution in [0.2, 0.25) is 0 Å². The number of carbonyl (C=O) groups is 8. The molecule has 0 bridgehead atoms. The molecule has 1 saturated heterocycles. The van der Waals surface area contributed by atoms with Gasteiger partial charge in [-0.05, 0) is 63.6 Å². The van der Waals surface area contributed by atoms with Gasteiger partial charge in [-0.1, -0.05) is 12.1 Å². The number of aliphatic imine (C=N–C) groups is 1. The zero-order valence-electron chi connectivity index (χ0n) is 31.2. The first-order valence-electron chi connectivity index (χ1n) is 17.9. The minimum Gasteiger partial charge on any atom is -0.508 e. The van der Waals surface area contributed by atoms with Crippen LogP contribution in [0.1, 0.15) is 57.9 Å². The van der Waals surface area contributed by atoms with Crippen molar-refractivity contribution in [3.05, 3.63) is 29.8 Å². The van der Waals surface area contributed by atoms with Crippen molar-refractivity contribution in [2.24, 2.45) is 27.9 Å². The molecule has 0 aromatic heterocycles. The third kappa shape index (κ3) is 15.4. The van der Waals surface area contributed by atoms with Crippen LogP contribution in [-0.2, 0) is 44.8 Å². The average Bonchev–Trinajstić information content (AvgIpc) is 3.63. The van der Waals surface area contributed by atoms with Gasteiger partial charge in [-0.2, -0.15) is 0 Å². The number of phenols is 1. The van der Waals surface area contributed by atoms with Crippen molar-refractivity contribution in [2.45, 2.75) is 101 Å². The summed E-state index contributed by atoms with van der Waals surface area (Å²) in [7, 11) is 0. The Kier molecular flexibility index (Phi) is 18.4. The van der Waals surface area contributed by atoms with Crippen molar-refractivity contribution < 1.29 is 53.7 Å². The standard InChI is InChI=1S/C34H53N11O11/c1-17(41-26(49)16-40-31(53)27(18(2)46)44-29(51)21(35)5-3-13-39-34(37)38)28(50)43-23(15-19-7-9-20(47)10-8-19)30(52)42-22(11-12-25(36)48)32(54)45-14-4-6-24(45)33(55)56/h7-10,17-18,21-24,27,46-47H,3-6,11-16,35H2,1-2H3,(H2,36,48)(H,40,53)(H,41,49)(H,42,52)(H,43,50)(H,44,51)(H,55,56)(H4,37,38,39). The molecule has 22 heteroatoms. The van der Waals surface area contributed by atoms with Crippen LogP contribution < -0.4 is 49.5 Å². The monoisotopic (exact) mass is 791 g/mol. The number of aliphatic carboxylic acids is 1. The lowest BCUT2D eigenvalue weighted by Crippen LogP contribution is -2.59. The molecule has 2 rings (SSSR count). The number of hydrogen-bond donors (Lipinski definition) is 12. The van der Waals surface area contributed by atoms with E-state index in [4.69, 9.17) is 22.9 Å². The second-order valence-corrected chi connectivity index (χ2v) is 13.3. The summed E-state index contributed by atoms with van der Waals surface area (Å²) in [4.78, 5) is 107. The smallest absolute Gasteiger partial charge is 0.326 e. The number of hydrogen-bond acceptors (Lipinski definition) is 12. The molecule has 0 aliphatic carbocycles. The Labute approximate surface area is 322 Å². The first kappa shape index (κ1) is 46.1. The van der Waals surface area contributed by atoms with Gasteiger partial charge in [0.15, 0.2) is 5.96 Å². The number of aliphatic hydroxyl groups is 1. The van der Waals surface area contributed by atoms with Gasteiger partial charge in [-0.15, -0.1) is 0 Å². The summed E-state index contributed by atoms with van der Waals surface area (Å²) < 4.78 is 0. The minimum atomic E-state index is -1.49. The van der Waals surface area contributed by atoms with E-state index in [1.165, 1.54) is 38.1 Å². The van der Waals surface area contributed by atoms with E-state index >= 15 is 0 Å². The number of carboxylic acids is 1. The molecule has 1 aliphatic heterocycles. The molecule has 1 aliphatic rings. The van der Waals surface area contributed by atoms with Crippen molar-refractivity contribution in [1.29, 1.82) is 0 Å². The van der Waals surface area contributed by atoms with Crippen LogP contribution in [0, 0.1) is 0 Å². The fraction of sp³-hybridized carbons (Fsp3) is 0.559. The highest BCUT2D eigenvalue weighted by atomic mass is 16.4. The van der Waals surface area contributed by atoms with Crippen molar-refractivity contribution in [2.75, 3.05) is 19.6 Å². The van der Waals surface area contributed by atoms with Gasteiger partial charge in [0.05, 0.1) is 18.7 Å². The number of benzene rings is 1. The second-order valence-electron chi connectivity index (χ2n) is 13.3. The van der Waals surface area contributed by atoms with Crippen LogP contribution in [0.15, 0.2) is 29.3 Å². The fourth-order valence-electron chi connectivity index (χ4n) is 5.63. The number of nitrogens with one attached hydrogen (secondary N) is 5. The summed E-state index contributed by atoms with van der Waals surface area (Å²) in [5.74, 6) is -7.23. The predicted molar refractivity (Wildman–Crippen MR) is 199 cm³/mol. The van der Waals surface area contributed by atoms with Crippen LogP contribution in [0.5, 0.6) is 5.75 Å². The summed E-state index contributed by atoms with van der Waals surface area (Å²) in [5, 5.41) is 41.4. The number of likely N-dealkylation sites (tertiary alicyclic amines) is 1. The van der Waals surface area contributed by atoms with E-state index in [1.54, 1.807) is 0 Å². The van der Waals surface area contributed by atoms with E-state index < -0.39 is 96.2 Å². The summed E-state index contributed by atoms with van der Waals surface area (Å²) in [6.45, 7) is 2.17. The molecule has 310 valence electrons. The highest BCUT2D eigenvalue weighted by Gasteiger charge is 2.38. The molecule has 7 amide bonds. The molecule has 0 radical (unpaired) electrons. The van der Waals surface area contributed by atoms with Gasteiger partial charge in [-0.25, -0.2) is 4.79 Å². The first-order chi connectivity index (χ1) is 26.3. The summed E-state index contributed by atoms with van der Waals surface area (Å²) in [5.41, 5.74) is 22.1. The largest absolute Gasteiger partial charge is 0.508 e. The molecule has 7 atom stereocenters.